The Morgan fingerprint density at radius 1 is 1.88 bits per heavy atom. The van der Waals surface area contributed by atoms with Crippen LogP contribution in [0.15, 0.2) is 12.7 Å². The average Bonchev–Trinajstić information content (AvgIpc) is 1.83. The highest BCUT2D eigenvalue weighted by Gasteiger charge is 1.91. The van der Waals surface area contributed by atoms with Crippen molar-refractivity contribution in [2.75, 3.05) is 6.61 Å². The number of ether oxygens (including phenoxy) is 1. The molecule has 0 amide bonds. The molecule has 0 saturated heterocycles. The second kappa shape index (κ2) is 4.30. The topological polar surface area (TPSA) is 26.3 Å². The summed E-state index contributed by atoms with van der Waals surface area (Å²) in [4.78, 5) is 10.0. The lowest BCUT2D eigenvalue weighted by molar-refractivity contribution is -0.137. The van der Waals surface area contributed by atoms with Crippen LogP contribution in [0.25, 0.3) is 0 Å². The van der Waals surface area contributed by atoms with E-state index in [1.54, 1.807) is 0 Å². The van der Waals surface area contributed by atoms with E-state index in [9.17, 15) is 9.18 Å². The molecular formula is C5H6FO2. The standard InChI is InChI=1S/C5H6FO2/c1-2-5(7)8-4-3-6/h2-3H,1,4H2. The Labute approximate surface area is 47.0 Å². The fourth-order valence-corrected chi connectivity index (χ4v) is 0.173. The fourth-order valence-electron chi connectivity index (χ4n) is 0.173. The number of hydrogen-bond acceptors (Lipinski definition) is 2. The zero-order valence-electron chi connectivity index (χ0n) is 4.26. The minimum absolute atomic E-state index is 0.251. The van der Waals surface area contributed by atoms with E-state index in [0.29, 0.717) is 0 Å². The monoisotopic (exact) mass is 117 g/mol. The van der Waals surface area contributed by atoms with Crippen LogP contribution in [0.5, 0.6) is 0 Å². The van der Waals surface area contributed by atoms with Crippen molar-refractivity contribution in [3.8, 4) is 0 Å². The number of carbonyl (C=O) groups excluding carboxylic acids is 1. The molecule has 0 heterocycles. The number of hydrogen-bond donors (Lipinski definition) is 0. The van der Waals surface area contributed by atoms with Gasteiger partial charge < -0.3 is 4.74 Å². The predicted molar refractivity (Wildman–Crippen MR) is 26.6 cm³/mol. The van der Waals surface area contributed by atoms with Crippen molar-refractivity contribution in [3.63, 3.8) is 0 Å². The third kappa shape index (κ3) is 3.33. The van der Waals surface area contributed by atoms with Gasteiger partial charge in [0, 0.05) is 6.08 Å². The summed E-state index contributed by atoms with van der Waals surface area (Å²) >= 11 is 0. The molecule has 0 aromatic heterocycles. The molecule has 45 valence electrons. The molecule has 0 aliphatic carbocycles. The van der Waals surface area contributed by atoms with Crippen molar-refractivity contribution in [3.05, 3.63) is 19.3 Å². The molecule has 0 N–H and O–H groups in total. The van der Waals surface area contributed by atoms with Crippen LogP contribution in [0.1, 0.15) is 0 Å². The fraction of sp³-hybridized carbons (Fsp3) is 0.200. The zero-order valence-corrected chi connectivity index (χ0v) is 4.26. The van der Waals surface area contributed by atoms with E-state index in [4.69, 9.17) is 0 Å². The van der Waals surface area contributed by atoms with Crippen molar-refractivity contribution < 1.29 is 13.9 Å². The van der Waals surface area contributed by atoms with Crippen molar-refractivity contribution >= 4 is 5.97 Å². The van der Waals surface area contributed by atoms with E-state index in [2.05, 4.69) is 11.3 Å². The minimum Gasteiger partial charge on any atom is -0.459 e. The van der Waals surface area contributed by atoms with E-state index in [0.717, 1.165) is 6.08 Å². The zero-order chi connectivity index (χ0) is 6.41. The lowest BCUT2D eigenvalue weighted by Gasteiger charge is -1.92. The van der Waals surface area contributed by atoms with Gasteiger partial charge in [0.1, 0.15) is 6.61 Å². The normalized spacial score (nSPS) is 8.12. The second-order valence-electron chi connectivity index (χ2n) is 0.988. The van der Waals surface area contributed by atoms with Gasteiger partial charge in [0.15, 0.2) is 6.67 Å². The first-order valence-electron chi connectivity index (χ1n) is 2.02. The van der Waals surface area contributed by atoms with Crippen LogP contribution >= 0.6 is 0 Å². The van der Waals surface area contributed by atoms with Gasteiger partial charge in [0.2, 0.25) is 0 Å². The Bertz CT molecular complexity index is 90.4. The Kier molecular flexibility index (Phi) is 3.84. The van der Waals surface area contributed by atoms with Crippen LogP contribution in [0.2, 0.25) is 0 Å². The Hall–Kier alpha value is -0.860. The summed E-state index contributed by atoms with van der Waals surface area (Å²) < 4.78 is 15.2. The Morgan fingerprint density at radius 3 is 2.88 bits per heavy atom. The number of carbonyl (C=O) groups is 1. The van der Waals surface area contributed by atoms with Crippen LogP contribution < -0.4 is 0 Å². The van der Waals surface area contributed by atoms with Crippen LogP contribution in [-0.2, 0) is 9.53 Å². The first-order valence-corrected chi connectivity index (χ1v) is 2.02. The van der Waals surface area contributed by atoms with E-state index in [-0.39, 0.29) is 13.3 Å². The second-order valence-corrected chi connectivity index (χ2v) is 0.988. The summed E-state index contributed by atoms with van der Waals surface area (Å²) in [7, 11) is 0. The molecule has 0 aromatic rings. The average molecular weight is 117 g/mol. The van der Waals surface area contributed by atoms with Gasteiger partial charge >= 0.3 is 5.97 Å². The first kappa shape index (κ1) is 7.14. The molecule has 0 fully saturated rings. The molecule has 3 heteroatoms. The predicted octanol–water partition coefficient (Wildman–Crippen LogP) is 0.847. The van der Waals surface area contributed by atoms with Gasteiger partial charge in [0.25, 0.3) is 0 Å². The van der Waals surface area contributed by atoms with Crippen molar-refractivity contribution in [1.29, 1.82) is 0 Å². The molecule has 8 heavy (non-hydrogen) atoms. The molecule has 1 radical (unpaired) electrons. The minimum atomic E-state index is -0.612. The maximum absolute atomic E-state index is 11.1. The Balaban J connectivity index is 3.11. The van der Waals surface area contributed by atoms with Gasteiger partial charge in [-0.25, -0.2) is 9.18 Å². The van der Waals surface area contributed by atoms with E-state index in [1.807, 2.05) is 0 Å². The lowest BCUT2D eigenvalue weighted by atomic mass is 10.6. The molecule has 0 aromatic carbocycles. The van der Waals surface area contributed by atoms with E-state index in [1.165, 1.54) is 0 Å². The molecule has 0 unspecified atom stereocenters. The van der Waals surface area contributed by atoms with Crippen LogP contribution in [0, 0.1) is 6.67 Å². The van der Waals surface area contributed by atoms with Gasteiger partial charge in [-0.05, 0) is 0 Å². The first-order chi connectivity index (χ1) is 3.81. The summed E-state index contributed by atoms with van der Waals surface area (Å²) in [5.74, 6) is -0.612. The molecular weight excluding hydrogens is 111 g/mol. The van der Waals surface area contributed by atoms with Gasteiger partial charge in [-0.1, -0.05) is 6.58 Å². The molecule has 0 saturated carbocycles. The van der Waals surface area contributed by atoms with E-state index >= 15 is 0 Å². The summed E-state index contributed by atoms with van der Waals surface area (Å²) in [5.41, 5.74) is 0. The van der Waals surface area contributed by atoms with Crippen LogP contribution in [-0.4, -0.2) is 12.6 Å². The highest BCUT2D eigenvalue weighted by molar-refractivity contribution is 5.81. The third-order valence-corrected chi connectivity index (χ3v) is 0.455. The highest BCUT2D eigenvalue weighted by Crippen LogP contribution is 1.82. The maximum atomic E-state index is 11.1. The number of halogens is 1. The van der Waals surface area contributed by atoms with E-state index < -0.39 is 5.97 Å². The van der Waals surface area contributed by atoms with Gasteiger partial charge in [-0.3, -0.25) is 0 Å². The molecule has 0 bridgehead atoms. The quantitative estimate of drug-likeness (QED) is 0.404. The van der Waals surface area contributed by atoms with Crippen LogP contribution in [0.3, 0.4) is 0 Å². The smallest absolute Gasteiger partial charge is 0.330 e. The van der Waals surface area contributed by atoms with Gasteiger partial charge in [-0.2, -0.15) is 0 Å². The van der Waals surface area contributed by atoms with Gasteiger partial charge in [-0.15, -0.1) is 0 Å². The molecule has 2 nitrogen and oxygen atoms in total. The van der Waals surface area contributed by atoms with Gasteiger partial charge in [0.05, 0.1) is 0 Å². The highest BCUT2D eigenvalue weighted by atomic mass is 19.1. The third-order valence-electron chi connectivity index (χ3n) is 0.455. The largest absolute Gasteiger partial charge is 0.459 e. The summed E-state index contributed by atoms with van der Waals surface area (Å²) in [6.07, 6.45) is 0.976. The molecule has 0 atom stereocenters. The van der Waals surface area contributed by atoms with Crippen molar-refractivity contribution in [2.45, 2.75) is 0 Å². The van der Waals surface area contributed by atoms with Crippen molar-refractivity contribution in [2.24, 2.45) is 0 Å². The molecule has 0 aliphatic rings. The molecule has 0 aliphatic heterocycles. The lowest BCUT2D eigenvalue weighted by Crippen LogP contribution is -1.99. The number of rotatable bonds is 3. The maximum Gasteiger partial charge on any atom is 0.330 e. The summed E-state index contributed by atoms with van der Waals surface area (Å²) in [6, 6.07) is 0. The summed E-state index contributed by atoms with van der Waals surface area (Å²) in [5, 5.41) is 0. The number of esters is 1. The SMILES string of the molecule is C=CC(=O)OC[CH]F. The van der Waals surface area contributed by atoms with Crippen molar-refractivity contribution in [1.82, 2.24) is 0 Å². The molecule has 0 spiro atoms. The Morgan fingerprint density at radius 2 is 2.50 bits per heavy atom. The molecule has 0 rings (SSSR count). The summed E-state index contributed by atoms with van der Waals surface area (Å²) in [6.45, 7) is 3.05. The van der Waals surface area contributed by atoms with Crippen LogP contribution in [0.4, 0.5) is 4.39 Å².